The van der Waals surface area contributed by atoms with Crippen LogP contribution in [-0.2, 0) is 11.0 Å². The molecule has 0 atom stereocenters. The third-order valence-corrected chi connectivity index (χ3v) is 2.68. The van der Waals surface area contributed by atoms with Crippen LogP contribution < -0.4 is 0 Å². The number of carboxylic acids is 1. The Morgan fingerprint density at radius 1 is 1.33 bits per heavy atom. The molecule has 1 heterocycles. The van der Waals surface area contributed by atoms with Gasteiger partial charge in [0.25, 0.3) is 0 Å². The molecule has 0 radical (unpaired) electrons. The van der Waals surface area contributed by atoms with Crippen LogP contribution in [0.3, 0.4) is 0 Å². The number of aliphatic carboxylic acids is 1. The maximum atomic E-state index is 12.8. The molecule has 0 saturated heterocycles. The van der Waals surface area contributed by atoms with E-state index >= 15 is 0 Å². The molecule has 0 fully saturated rings. The van der Waals surface area contributed by atoms with Crippen molar-refractivity contribution < 1.29 is 23.1 Å². The Hall–Kier alpha value is -2.57. The minimum absolute atomic E-state index is 0.245. The van der Waals surface area contributed by atoms with Crippen molar-refractivity contribution in [3.63, 3.8) is 0 Å². The van der Waals surface area contributed by atoms with Gasteiger partial charge in [0.05, 0.1) is 17.5 Å². The van der Waals surface area contributed by atoms with Gasteiger partial charge in [0.1, 0.15) is 5.82 Å². The summed E-state index contributed by atoms with van der Waals surface area (Å²) in [6, 6.07) is 3.62. The largest absolute Gasteiger partial charge is 0.478 e. The average Bonchev–Trinajstić information content (AvgIpc) is 2.83. The van der Waals surface area contributed by atoms with Gasteiger partial charge in [0, 0.05) is 11.6 Å². The second-order valence-electron chi connectivity index (χ2n) is 4.44. The fraction of sp³-hybridized carbons (Fsp3) is 0.143. The van der Waals surface area contributed by atoms with Crippen LogP contribution in [0.1, 0.15) is 16.8 Å². The maximum absolute atomic E-state index is 12.8. The number of benzene rings is 1. The van der Waals surface area contributed by atoms with Crippen LogP contribution in [0.5, 0.6) is 0 Å². The molecule has 0 aliphatic carbocycles. The zero-order valence-corrected chi connectivity index (χ0v) is 10.9. The van der Waals surface area contributed by atoms with Crippen molar-refractivity contribution in [2.45, 2.75) is 13.1 Å². The van der Waals surface area contributed by atoms with Gasteiger partial charge in [-0.25, -0.2) is 9.78 Å². The Balaban J connectivity index is 2.39. The number of hydrogen-bond donors (Lipinski definition) is 2. The molecule has 0 saturated carbocycles. The third-order valence-electron chi connectivity index (χ3n) is 2.68. The Bertz CT molecular complexity index is 702. The number of aromatic nitrogens is 2. The van der Waals surface area contributed by atoms with Crippen molar-refractivity contribution in [2.24, 2.45) is 0 Å². The van der Waals surface area contributed by atoms with Gasteiger partial charge in [0.15, 0.2) is 0 Å². The van der Waals surface area contributed by atoms with Crippen LogP contribution in [0, 0.1) is 6.92 Å². The van der Waals surface area contributed by atoms with Crippen molar-refractivity contribution >= 4 is 12.0 Å². The molecule has 0 aliphatic rings. The van der Waals surface area contributed by atoms with Crippen LogP contribution in [0.2, 0.25) is 0 Å². The quantitative estimate of drug-likeness (QED) is 0.852. The van der Waals surface area contributed by atoms with Gasteiger partial charge < -0.3 is 10.1 Å². The third kappa shape index (κ3) is 3.71. The van der Waals surface area contributed by atoms with Gasteiger partial charge in [0.2, 0.25) is 0 Å². The van der Waals surface area contributed by atoms with Crippen molar-refractivity contribution in [3.8, 4) is 11.4 Å². The highest BCUT2D eigenvalue weighted by molar-refractivity contribution is 5.85. The molecular weight excluding hydrogens is 285 g/mol. The van der Waals surface area contributed by atoms with Crippen LogP contribution in [0.25, 0.3) is 17.5 Å². The van der Waals surface area contributed by atoms with Crippen LogP contribution in [0.4, 0.5) is 13.2 Å². The summed E-state index contributed by atoms with van der Waals surface area (Å²) in [6.07, 6.45) is -0.891. The molecule has 0 spiro atoms. The van der Waals surface area contributed by atoms with Gasteiger partial charge in [-0.15, -0.1) is 0 Å². The first-order valence-corrected chi connectivity index (χ1v) is 5.91. The summed E-state index contributed by atoms with van der Waals surface area (Å²) in [5.74, 6) is -0.879. The Morgan fingerprint density at radius 3 is 2.67 bits per heavy atom. The van der Waals surface area contributed by atoms with Gasteiger partial charge in [-0.2, -0.15) is 13.2 Å². The molecule has 21 heavy (non-hydrogen) atoms. The predicted molar refractivity (Wildman–Crippen MR) is 70.4 cm³/mol. The number of hydrogen-bond acceptors (Lipinski definition) is 2. The zero-order chi connectivity index (χ0) is 15.6. The van der Waals surface area contributed by atoms with Crippen molar-refractivity contribution in [2.75, 3.05) is 0 Å². The topological polar surface area (TPSA) is 66.0 Å². The van der Waals surface area contributed by atoms with Gasteiger partial charge in [-0.3, -0.25) is 0 Å². The standard InChI is InChI=1S/C14H11F3N2O2/c1-8-4-9(6-10(5-8)14(15,16)17)13-18-7-11(19-13)2-3-12(20)21/h2-7H,1H3,(H,18,19)(H,20,21)/b3-2-. The molecule has 0 unspecified atom stereocenters. The van der Waals surface area contributed by atoms with Crippen LogP contribution in [-0.4, -0.2) is 21.0 Å². The van der Waals surface area contributed by atoms with E-state index in [1.807, 2.05) is 0 Å². The lowest BCUT2D eigenvalue weighted by molar-refractivity contribution is -0.137. The van der Waals surface area contributed by atoms with Gasteiger partial charge in [-0.05, 0) is 36.8 Å². The molecule has 4 nitrogen and oxygen atoms in total. The number of halogens is 3. The van der Waals surface area contributed by atoms with E-state index in [9.17, 15) is 18.0 Å². The Kier molecular flexibility index (Phi) is 3.84. The number of nitrogens with zero attached hydrogens (tertiary/aromatic N) is 1. The fourth-order valence-electron chi connectivity index (χ4n) is 1.81. The summed E-state index contributed by atoms with van der Waals surface area (Å²) in [5, 5.41) is 8.51. The number of H-pyrrole nitrogens is 1. The van der Waals surface area contributed by atoms with E-state index in [0.717, 1.165) is 18.2 Å². The van der Waals surface area contributed by atoms with E-state index in [0.29, 0.717) is 11.3 Å². The van der Waals surface area contributed by atoms with Gasteiger partial charge >= 0.3 is 12.1 Å². The molecule has 0 aliphatic heterocycles. The monoisotopic (exact) mass is 296 g/mol. The Morgan fingerprint density at radius 2 is 2.05 bits per heavy atom. The number of nitrogens with one attached hydrogen (secondary N) is 1. The van der Waals surface area contributed by atoms with Crippen LogP contribution in [0.15, 0.2) is 30.5 Å². The van der Waals surface area contributed by atoms with E-state index in [1.54, 1.807) is 13.0 Å². The van der Waals surface area contributed by atoms with E-state index < -0.39 is 17.7 Å². The van der Waals surface area contributed by atoms with E-state index in [4.69, 9.17) is 5.11 Å². The molecule has 0 bridgehead atoms. The average molecular weight is 296 g/mol. The summed E-state index contributed by atoms with van der Waals surface area (Å²) in [5.41, 5.74) is 0.384. The van der Waals surface area contributed by atoms with E-state index in [2.05, 4.69) is 9.97 Å². The van der Waals surface area contributed by atoms with E-state index in [1.165, 1.54) is 12.3 Å². The lowest BCUT2D eigenvalue weighted by atomic mass is 10.1. The predicted octanol–water partition coefficient (Wildman–Crippen LogP) is 3.50. The second-order valence-corrected chi connectivity index (χ2v) is 4.44. The molecule has 7 heteroatoms. The summed E-state index contributed by atoms with van der Waals surface area (Å²) < 4.78 is 38.3. The smallest absolute Gasteiger partial charge is 0.416 e. The van der Waals surface area contributed by atoms with Crippen molar-refractivity contribution in [3.05, 3.63) is 47.3 Å². The number of rotatable bonds is 3. The lowest BCUT2D eigenvalue weighted by Crippen LogP contribution is -2.05. The highest BCUT2D eigenvalue weighted by Gasteiger charge is 2.31. The fourth-order valence-corrected chi connectivity index (χ4v) is 1.81. The SMILES string of the molecule is Cc1cc(-c2ncc(/C=C\C(=O)O)[nH]2)cc(C(F)(F)F)c1. The van der Waals surface area contributed by atoms with E-state index in [-0.39, 0.29) is 11.4 Å². The molecule has 2 rings (SSSR count). The first-order valence-electron chi connectivity index (χ1n) is 5.91. The first-order chi connectivity index (χ1) is 9.75. The maximum Gasteiger partial charge on any atom is 0.416 e. The molecule has 2 N–H and O–H groups in total. The summed E-state index contributed by atoms with van der Waals surface area (Å²) >= 11 is 0. The van der Waals surface area contributed by atoms with Crippen LogP contribution >= 0.6 is 0 Å². The number of aromatic amines is 1. The minimum atomic E-state index is -4.43. The number of carbonyl (C=O) groups is 1. The van der Waals surface area contributed by atoms with Crippen molar-refractivity contribution in [1.29, 1.82) is 0 Å². The highest BCUT2D eigenvalue weighted by Crippen LogP contribution is 2.32. The number of carboxylic acid groups (broad SMARTS) is 1. The zero-order valence-electron chi connectivity index (χ0n) is 10.9. The summed E-state index contributed by atoms with van der Waals surface area (Å²) in [6.45, 7) is 1.56. The number of imidazole rings is 1. The van der Waals surface area contributed by atoms with Crippen molar-refractivity contribution in [1.82, 2.24) is 9.97 Å². The number of aryl methyl sites for hydroxylation is 1. The first kappa shape index (κ1) is 14.8. The number of alkyl halides is 3. The Labute approximate surface area is 118 Å². The molecular formula is C14H11F3N2O2. The normalized spacial score (nSPS) is 12.0. The molecule has 0 amide bonds. The second kappa shape index (κ2) is 5.43. The highest BCUT2D eigenvalue weighted by atomic mass is 19.4. The molecule has 1 aromatic carbocycles. The summed E-state index contributed by atoms with van der Waals surface area (Å²) in [7, 11) is 0. The molecule has 2 aromatic rings. The minimum Gasteiger partial charge on any atom is -0.478 e. The molecule has 110 valence electrons. The van der Waals surface area contributed by atoms with Gasteiger partial charge in [-0.1, -0.05) is 0 Å². The summed E-state index contributed by atoms with van der Waals surface area (Å²) in [4.78, 5) is 17.1. The lowest BCUT2D eigenvalue weighted by Gasteiger charge is -2.09. The molecule has 1 aromatic heterocycles.